The van der Waals surface area contributed by atoms with Gasteiger partial charge in [-0.25, -0.2) is 0 Å². The van der Waals surface area contributed by atoms with Crippen molar-refractivity contribution < 1.29 is 4.79 Å². The molecule has 0 aliphatic carbocycles. The van der Waals surface area contributed by atoms with Crippen molar-refractivity contribution in [3.63, 3.8) is 0 Å². The second kappa shape index (κ2) is 7.24. The summed E-state index contributed by atoms with van der Waals surface area (Å²) in [5, 5.41) is 19.9. The number of hydrogen-bond acceptors (Lipinski definition) is 6. The molecule has 0 bridgehead atoms. The summed E-state index contributed by atoms with van der Waals surface area (Å²) >= 11 is 7.15. The molecule has 10 heteroatoms. The fourth-order valence-corrected chi connectivity index (χ4v) is 3.09. The first-order valence-electron chi connectivity index (χ1n) is 7.43. The molecule has 1 amide bonds. The number of carbonyl (C=O) groups excluding carboxylic acids is 1. The molecular formula is C15H16ClN7OS. The van der Waals surface area contributed by atoms with Gasteiger partial charge < -0.3 is 5.32 Å². The van der Waals surface area contributed by atoms with E-state index in [2.05, 4.69) is 25.9 Å². The second-order valence-corrected chi connectivity index (χ2v) is 6.73. The highest BCUT2D eigenvalue weighted by Crippen LogP contribution is 2.22. The van der Waals surface area contributed by atoms with E-state index in [1.54, 1.807) is 21.5 Å². The van der Waals surface area contributed by atoms with E-state index in [1.807, 2.05) is 33.0 Å². The maximum atomic E-state index is 12.2. The van der Waals surface area contributed by atoms with Gasteiger partial charge in [0.15, 0.2) is 0 Å². The number of nitrogens with one attached hydrogen (secondary N) is 1. The Bertz CT molecular complexity index is 903. The molecule has 0 fully saturated rings. The Balaban J connectivity index is 1.67. The minimum absolute atomic E-state index is 0.144. The van der Waals surface area contributed by atoms with E-state index in [1.165, 1.54) is 11.8 Å². The molecule has 0 saturated carbocycles. The summed E-state index contributed by atoms with van der Waals surface area (Å²) < 4.78 is 3.30. The summed E-state index contributed by atoms with van der Waals surface area (Å²) in [6, 6.07) is 7.14. The van der Waals surface area contributed by atoms with Crippen LogP contribution in [-0.4, -0.2) is 41.6 Å². The molecule has 0 unspecified atom stereocenters. The van der Waals surface area contributed by atoms with Crippen LogP contribution in [0.5, 0.6) is 0 Å². The van der Waals surface area contributed by atoms with Gasteiger partial charge >= 0.3 is 0 Å². The highest BCUT2D eigenvalue weighted by atomic mass is 35.5. The molecule has 1 N–H and O–H groups in total. The number of carbonyl (C=O) groups is 1. The van der Waals surface area contributed by atoms with Gasteiger partial charge in [-0.2, -0.15) is 9.78 Å². The van der Waals surface area contributed by atoms with Gasteiger partial charge in [0.2, 0.25) is 11.1 Å². The third-order valence-electron chi connectivity index (χ3n) is 3.62. The molecule has 25 heavy (non-hydrogen) atoms. The Morgan fingerprint density at radius 2 is 2.00 bits per heavy atom. The number of aryl methyl sites for hydroxylation is 2. The smallest absolute Gasteiger partial charge is 0.234 e. The van der Waals surface area contributed by atoms with E-state index in [0.29, 0.717) is 10.2 Å². The van der Waals surface area contributed by atoms with Crippen LogP contribution in [0.4, 0.5) is 5.69 Å². The average molecular weight is 378 g/mol. The average Bonchev–Trinajstić information content (AvgIpc) is 3.14. The summed E-state index contributed by atoms with van der Waals surface area (Å²) in [4.78, 5) is 12.2. The molecule has 2 aromatic heterocycles. The molecule has 0 spiro atoms. The standard InChI is InChI=1S/C15H16ClN7OS/c1-9-14(10(2)22(3)19-9)17-13(24)8-25-15-18-20-21-23(15)12-6-4-11(16)5-7-12/h4-7H,8H2,1-3H3,(H,17,24). The number of anilines is 1. The molecule has 3 aromatic rings. The fraction of sp³-hybridized carbons (Fsp3) is 0.267. The summed E-state index contributed by atoms with van der Waals surface area (Å²) in [5.41, 5.74) is 3.20. The van der Waals surface area contributed by atoms with Crippen molar-refractivity contribution in [2.24, 2.45) is 7.05 Å². The van der Waals surface area contributed by atoms with Crippen LogP contribution in [0, 0.1) is 13.8 Å². The van der Waals surface area contributed by atoms with E-state index in [9.17, 15) is 4.79 Å². The Morgan fingerprint density at radius 1 is 1.28 bits per heavy atom. The second-order valence-electron chi connectivity index (χ2n) is 5.36. The van der Waals surface area contributed by atoms with Gasteiger partial charge in [0.05, 0.1) is 28.5 Å². The van der Waals surface area contributed by atoms with E-state index >= 15 is 0 Å². The van der Waals surface area contributed by atoms with Crippen LogP contribution >= 0.6 is 23.4 Å². The Kier molecular flexibility index (Phi) is 5.05. The predicted octanol–water partition coefficient (Wildman–Crippen LogP) is 2.40. The van der Waals surface area contributed by atoms with E-state index in [0.717, 1.165) is 22.8 Å². The highest BCUT2D eigenvalue weighted by molar-refractivity contribution is 7.99. The number of amides is 1. The maximum absolute atomic E-state index is 12.2. The largest absolute Gasteiger partial charge is 0.322 e. The van der Waals surface area contributed by atoms with Crippen LogP contribution in [0.3, 0.4) is 0 Å². The number of rotatable bonds is 5. The van der Waals surface area contributed by atoms with Crippen LogP contribution in [0.1, 0.15) is 11.4 Å². The lowest BCUT2D eigenvalue weighted by molar-refractivity contribution is -0.113. The van der Waals surface area contributed by atoms with Crippen molar-refractivity contribution in [2.45, 2.75) is 19.0 Å². The summed E-state index contributed by atoms with van der Waals surface area (Å²) in [7, 11) is 1.84. The highest BCUT2D eigenvalue weighted by Gasteiger charge is 2.15. The predicted molar refractivity (Wildman–Crippen MR) is 96.2 cm³/mol. The third kappa shape index (κ3) is 3.83. The fourth-order valence-electron chi connectivity index (χ4n) is 2.27. The lowest BCUT2D eigenvalue weighted by Gasteiger charge is -2.06. The molecule has 0 atom stereocenters. The zero-order valence-corrected chi connectivity index (χ0v) is 15.5. The molecule has 0 radical (unpaired) electrons. The Morgan fingerprint density at radius 3 is 2.64 bits per heavy atom. The van der Waals surface area contributed by atoms with Gasteiger partial charge in [0.25, 0.3) is 0 Å². The van der Waals surface area contributed by atoms with Crippen molar-refractivity contribution in [2.75, 3.05) is 11.1 Å². The number of nitrogens with zero attached hydrogens (tertiary/aromatic N) is 6. The van der Waals surface area contributed by atoms with Crippen LogP contribution in [-0.2, 0) is 11.8 Å². The minimum Gasteiger partial charge on any atom is -0.322 e. The van der Waals surface area contributed by atoms with E-state index < -0.39 is 0 Å². The van der Waals surface area contributed by atoms with Crippen LogP contribution < -0.4 is 5.32 Å². The first-order valence-corrected chi connectivity index (χ1v) is 8.79. The molecule has 1 aromatic carbocycles. The lowest BCUT2D eigenvalue weighted by Crippen LogP contribution is -2.15. The first kappa shape index (κ1) is 17.4. The van der Waals surface area contributed by atoms with Crippen molar-refractivity contribution >= 4 is 35.0 Å². The van der Waals surface area contributed by atoms with Crippen LogP contribution in [0.2, 0.25) is 5.02 Å². The molecule has 8 nitrogen and oxygen atoms in total. The molecule has 0 aliphatic rings. The molecule has 2 heterocycles. The van der Waals surface area contributed by atoms with Gasteiger partial charge in [0, 0.05) is 12.1 Å². The topological polar surface area (TPSA) is 90.5 Å². The van der Waals surface area contributed by atoms with Crippen molar-refractivity contribution in [1.82, 2.24) is 30.0 Å². The number of benzene rings is 1. The quantitative estimate of drug-likeness (QED) is 0.686. The Labute approximate surface area is 153 Å². The van der Waals surface area contributed by atoms with Crippen molar-refractivity contribution in [1.29, 1.82) is 0 Å². The molecule has 3 rings (SSSR count). The SMILES string of the molecule is Cc1nn(C)c(C)c1NC(=O)CSc1nnnn1-c1ccc(Cl)cc1. The monoisotopic (exact) mass is 377 g/mol. The zero-order valence-electron chi connectivity index (χ0n) is 13.9. The Hall–Kier alpha value is -2.39. The molecular weight excluding hydrogens is 362 g/mol. The van der Waals surface area contributed by atoms with Crippen molar-refractivity contribution in [3.05, 3.63) is 40.7 Å². The summed E-state index contributed by atoms with van der Waals surface area (Å²) in [6.07, 6.45) is 0. The molecule has 130 valence electrons. The van der Waals surface area contributed by atoms with Gasteiger partial charge in [-0.05, 0) is 48.5 Å². The normalized spacial score (nSPS) is 10.9. The minimum atomic E-state index is -0.144. The number of tetrazole rings is 1. The summed E-state index contributed by atoms with van der Waals surface area (Å²) in [5.74, 6) is 0.0386. The molecule has 0 saturated heterocycles. The van der Waals surface area contributed by atoms with E-state index in [4.69, 9.17) is 11.6 Å². The van der Waals surface area contributed by atoms with Gasteiger partial charge in [-0.1, -0.05) is 23.4 Å². The number of halogens is 1. The van der Waals surface area contributed by atoms with Gasteiger partial charge in [-0.15, -0.1) is 5.10 Å². The zero-order chi connectivity index (χ0) is 18.0. The number of hydrogen-bond donors (Lipinski definition) is 1. The van der Waals surface area contributed by atoms with E-state index in [-0.39, 0.29) is 11.7 Å². The summed E-state index contributed by atoms with van der Waals surface area (Å²) in [6.45, 7) is 3.76. The number of thioether (sulfide) groups is 1. The third-order valence-corrected chi connectivity index (χ3v) is 4.79. The van der Waals surface area contributed by atoms with Gasteiger partial charge in [0.1, 0.15) is 0 Å². The number of aromatic nitrogens is 6. The maximum Gasteiger partial charge on any atom is 0.234 e. The van der Waals surface area contributed by atoms with Crippen LogP contribution in [0.15, 0.2) is 29.4 Å². The van der Waals surface area contributed by atoms with Crippen molar-refractivity contribution in [3.8, 4) is 5.69 Å². The van der Waals surface area contributed by atoms with Crippen LogP contribution in [0.25, 0.3) is 5.69 Å². The first-order chi connectivity index (χ1) is 12.0. The van der Waals surface area contributed by atoms with Gasteiger partial charge in [-0.3, -0.25) is 9.48 Å². The molecule has 0 aliphatic heterocycles. The lowest BCUT2D eigenvalue weighted by atomic mass is 10.3.